The molecular weight excluding hydrogens is 370 g/mol. The van der Waals surface area contributed by atoms with E-state index in [0.717, 1.165) is 46.8 Å². The molecule has 1 aromatic heterocycles. The van der Waals surface area contributed by atoms with Gasteiger partial charge in [-0.2, -0.15) is 0 Å². The molecule has 0 bridgehead atoms. The second-order valence-corrected chi connectivity index (χ2v) is 8.39. The van der Waals surface area contributed by atoms with E-state index in [-0.39, 0.29) is 0 Å². The summed E-state index contributed by atoms with van der Waals surface area (Å²) < 4.78 is 0. The van der Waals surface area contributed by atoms with Crippen molar-refractivity contribution in [3.63, 3.8) is 0 Å². The predicted molar refractivity (Wildman–Crippen MR) is 128 cm³/mol. The molecule has 3 nitrogen and oxygen atoms in total. The van der Waals surface area contributed by atoms with Crippen molar-refractivity contribution in [3.05, 3.63) is 53.6 Å². The first-order valence-electron chi connectivity index (χ1n) is 11.6. The number of para-hydroxylation sites is 2. The van der Waals surface area contributed by atoms with E-state index in [1.807, 2.05) is 18.2 Å². The number of rotatable bonds is 12. The molecular formula is C27H35NO2. The lowest BCUT2D eigenvalue weighted by molar-refractivity contribution is -0.132. The van der Waals surface area contributed by atoms with Gasteiger partial charge in [0.25, 0.3) is 0 Å². The lowest BCUT2D eigenvalue weighted by Gasteiger charge is -2.12. The van der Waals surface area contributed by atoms with E-state index in [1.54, 1.807) is 6.92 Å². The van der Waals surface area contributed by atoms with Crippen LogP contribution in [0, 0.1) is 0 Å². The second kappa shape index (κ2) is 11.0. The summed E-state index contributed by atoms with van der Waals surface area (Å²) in [6, 6.07) is 14.5. The molecule has 2 aromatic carbocycles. The third kappa shape index (κ3) is 5.33. The number of benzene rings is 2. The molecule has 0 atom stereocenters. The molecule has 0 saturated heterocycles. The molecule has 0 aliphatic rings. The smallest absolute Gasteiger partial charge is 0.331 e. The second-order valence-electron chi connectivity index (χ2n) is 8.39. The fourth-order valence-electron chi connectivity index (χ4n) is 4.39. The molecule has 0 unspecified atom stereocenters. The quantitative estimate of drug-likeness (QED) is 0.236. The number of carboxylic acid groups (broad SMARTS) is 1. The van der Waals surface area contributed by atoms with E-state index in [1.165, 1.54) is 50.3 Å². The van der Waals surface area contributed by atoms with Crippen LogP contribution in [0.2, 0.25) is 0 Å². The van der Waals surface area contributed by atoms with Gasteiger partial charge in [0.15, 0.2) is 0 Å². The van der Waals surface area contributed by atoms with Gasteiger partial charge in [-0.25, -0.2) is 4.79 Å². The topological polar surface area (TPSA) is 53.1 Å². The summed E-state index contributed by atoms with van der Waals surface area (Å²) in [5.74, 6) is -0.825. The van der Waals surface area contributed by atoms with Gasteiger partial charge in [-0.1, -0.05) is 94.7 Å². The van der Waals surface area contributed by atoms with Gasteiger partial charge in [-0.15, -0.1) is 0 Å². The van der Waals surface area contributed by atoms with Crippen molar-refractivity contribution >= 4 is 33.3 Å². The van der Waals surface area contributed by atoms with Crippen LogP contribution >= 0.6 is 0 Å². The van der Waals surface area contributed by atoms with Gasteiger partial charge >= 0.3 is 5.97 Å². The molecule has 1 heterocycles. The Morgan fingerprint density at radius 3 is 2.17 bits per heavy atom. The number of fused-ring (bicyclic) bond motifs is 3. The maximum absolute atomic E-state index is 11.8. The number of aliphatic carboxylic acids is 1. The van der Waals surface area contributed by atoms with Crippen LogP contribution in [0.3, 0.4) is 0 Å². The average Bonchev–Trinajstić information content (AvgIpc) is 3.14. The standard InChI is InChI=1S/C27H35NO2/c1-3-4-5-6-7-8-9-10-11-15-21(20(2)27(29)30)23-17-14-18-24-22-16-12-13-19-25(22)28-26(23)24/h12-14,16-19,28H,3-11,15H2,1-2H3,(H,29,30)/b21-20+. The molecule has 3 heteroatoms. The minimum absolute atomic E-state index is 0.459. The molecule has 0 saturated carbocycles. The first-order valence-corrected chi connectivity index (χ1v) is 11.6. The number of nitrogens with one attached hydrogen (secondary N) is 1. The monoisotopic (exact) mass is 405 g/mol. The van der Waals surface area contributed by atoms with E-state index < -0.39 is 5.97 Å². The number of carbonyl (C=O) groups is 1. The minimum Gasteiger partial charge on any atom is -0.478 e. The number of hydrogen-bond donors (Lipinski definition) is 2. The van der Waals surface area contributed by atoms with E-state index in [9.17, 15) is 9.90 Å². The zero-order chi connectivity index (χ0) is 21.3. The maximum atomic E-state index is 11.8. The third-order valence-corrected chi connectivity index (χ3v) is 6.17. The van der Waals surface area contributed by atoms with Crippen molar-refractivity contribution in [1.29, 1.82) is 0 Å². The van der Waals surface area contributed by atoms with Crippen molar-refractivity contribution in [1.82, 2.24) is 4.98 Å². The molecule has 0 fully saturated rings. The molecule has 2 N–H and O–H groups in total. The van der Waals surface area contributed by atoms with Gasteiger partial charge in [-0.05, 0) is 31.4 Å². The molecule has 0 spiro atoms. The number of hydrogen-bond acceptors (Lipinski definition) is 1. The number of carboxylic acids is 1. The van der Waals surface area contributed by atoms with Crippen LogP contribution in [-0.2, 0) is 4.79 Å². The third-order valence-electron chi connectivity index (χ3n) is 6.17. The molecule has 3 rings (SSSR count). The summed E-state index contributed by atoms with van der Waals surface area (Å²) >= 11 is 0. The number of aromatic nitrogens is 1. The first kappa shape index (κ1) is 22.1. The van der Waals surface area contributed by atoms with Crippen LogP contribution in [0.4, 0.5) is 0 Å². The van der Waals surface area contributed by atoms with Gasteiger partial charge in [-0.3, -0.25) is 0 Å². The van der Waals surface area contributed by atoms with Crippen molar-refractivity contribution in [3.8, 4) is 0 Å². The van der Waals surface area contributed by atoms with Gasteiger partial charge in [0.05, 0.1) is 5.52 Å². The lowest BCUT2D eigenvalue weighted by atomic mass is 9.93. The Morgan fingerprint density at radius 1 is 0.833 bits per heavy atom. The molecule has 0 aliphatic carbocycles. The van der Waals surface area contributed by atoms with Gasteiger partial charge < -0.3 is 10.1 Å². The summed E-state index contributed by atoms with van der Waals surface area (Å²) in [6.07, 6.45) is 12.2. The summed E-state index contributed by atoms with van der Waals surface area (Å²) in [5, 5.41) is 12.0. The molecule has 0 amide bonds. The fraction of sp³-hybridized carbons (Fsp3) is 0.444. The van der Waals surface area contributed by atoms with Crippen LogP contribution < -0.4 is 0 Å². The van der Waals surface area contributed by atoms with Crippen LogP contribution in [0.1, 0.15) is 83.6 Å². The molecule has 160 valence electrons. The zero-order valence-electron chi connectivity index (χ0n) is 18.5. The van der Waals surface area contributed by atoms with Gasteiger partial charge in [0.1, 0.15) is 0 Å². The highest BCUT2D eigenvalue weighted by atomic mass is 16.4. The maximum Gasteiger partial charge on any atom is 0.331 e. The molecule has 30 heavy (non-hydrogen) atoms. The highest BCUT2D eigenvalue weighted by Gasteiger charge is 2.16. The van der Waals surface area contributed by atoms with Crippen LogP contribution in [-0.4, -0.2) is 16.1 Å². The Kier molecular flexibility index (Phi) is 8.12. The number of allylic oxidation sites excluding steroid dienone is 1. The Balaban J connectivity index is 1.73. The Bertz CT molecular complexity index is 1010. The highest BCUT2D eigenvalue weighted by molar-refractivity contribution is 6.11. The van der Waals surface area contributed by atoms with Gasteiger partial charge in [0, 0.05) is 27.4 Å². The van der Waals surface area contributed by atoms with Crippen LogP contribution in [0.5, 0.6) is 0 Å². The highest BCUT2D eigenvalue weighted by Crippen LogP contribution is 2.34. The van der Waals surface area contributed by atoms with Crippen molar-refractivity contribution in [2.24, 2.45) is 0 Å². The van der Waals surface area contributed by atoms with E-state index in [0.29, 0.717) is 5.57 Å². The van der Waals surface area contributed by atoms with E-state index in [4.69, 9.17) is 0 Å². The molecule has 0 aliphatic heterocycles. The summed E-state index contributed by atoms with van der Waals surface area (Å²) in [5.41, 5.74) is 4.59. The van der Waals surface area contributed by atoms with Crippen LogP contribution in [0.25, 0.3) is 27.4 Å². The fourth-order valence-corrected chi connectivity index (χ4v) is 4.39. The molecule has 0 radical (unpaired) electrons. The summed E-state index contributed by atoms with van der Waals surface area (Å²) in [6.45, 7) is 3.99. The van der Waals surface area contributed by atoms with Crippen LogP contribution in [0.15, 0.2) is 48.0 Å². The Labute approximate surface area is 180 Å². The largest absolute Gasteiger partial charge is 0.478 e. The van der Waals surface area contributed by atoms with Crippen molar-refractivity contribution in [2.45, 2.75) is 78.1 Å². The summed E-state index contributed by atoms with van der Waals surface area (Å²) in [7, 11) is 0. The zero-order valence-corrected chi connectivity index (χ0v) is 18.5. The number of unbranched alkanes of at least 4 members (excludes halogenated alkanes) is 8. The minimum atomic E-state index is -0.825. The van der Waals surface area contributed by atoms with E-state index >= 15 is 0 Å². The van der Waals surface area contributed by atoms with Crippen molar-refractivity contribution < 1.29 is 9.90 Å². The lowest BCUT2D eigenvalue weighted by Crippen LogP contribution is -2.02. The normalized spacial score (nSPS) is 12.5. The Hall–Kier alpha value is -2.55. The van der Waals surface area contributed by atoms with Crippen molar-refractivity contribution in [2.75, 3.05) is 0 Å². The average molecular weight is 406 g/mol. The predicted octanol–water partition coefficient (Wildman–Crippen LogP) is 8.10. The van der Waals surface area contributed by atoms with Gasteiger partial charge in [0.2, 0.25) is 0 Å². The first-order chi connectivity index (χ1) is 14.6. The Morgan fingerprint density at radius 2 is 1.47 bits per heavy atom. The number of aromatic amines is 1. The number of H-pyrrole nitrogens is 1. The summed E-state index contributed by atoms with van der Waals surface area (Å²) in [4.78, 5) is 15.3. The molecule has 3 aromatic rings. The SMILES string of the molecule is CCCCCCCCCCC/C(=C(/C)C(=O)O)c1cccc2c1[nH]c1ccccc12. The van der Waals surface area contributed by atoms with E-state index in [2.05, 4.69) is 36.2 Å².